The summed E-state index contributed by atoms with van der Waals surface area (Å²) in [5.74, 6) is 7.41. The summed E-state index contributed by atoms with van der Waals surface area (Å²) < 4.78 is 5.19. The molecule has 2 rings (SSSR count). The molecule has 0 bridgehead atoms. The summed E-state index contributed by atoms with van der Waals surface area (Å²) in [4.78, 5) is 11.5. The van der Waals surface area contributed by atoms with Gasteiger partial charge in [0.2, 0.25) is 0 Å². The summed E-state index contributed by atoms with van der Waals surface area (Å²) in [5, 5.41) is 0. The van der Waals surface area contributed by atoms with Crippen molar-refractivity contribution in [3.8, 4) is 11.8 Å². The van der Waals surface area contributed by atoms with E-state index in [1.807, 2.05) is 48.6 Å². The lowest BCUT2D eigenvalue weighted by Gasteiger charge is -2.25. The lowest BCUT2D eigenvalue weighted by atomic mass is 9.77. The van der Waals surface area contributed by atoms with Gasteiger partial charge in [-0.3, -0.25) is 4.79 Å². The molecule has 1 aliphatic rings. The molecule has 0 heterocycles. The van der Waals surface area contributed by atoms with Crippen LogP contribution in [0.1, 0.15) is 25.3 Å². The molecule has 0 radical (unpaired) electrons. The van der Waals surface area contributed by atoms with Crippen molar-refractivity contribution < 1.29 is 9.53 Å². The summed E-state index contributed by atoms with van der Waals surface area (Å²) in [5.41, 5.74) is 0.550. The molecule has 1 aromatic rings. The van der Waals surface area contributed by atoms with Crippen LogP contribution in [0.25, 0.3) is 0 Å². The molecule has 1 aliphatic carbocycles. The second-order valence-electron chi connectivity index (χ2n) is 5.00. The monoisotopic (exact) mass is 266 g/mol. The van der Waals surface area contributed by atoms with Gasteiger partial charge in [0.15, 0.2) is 0 Å². The highest BCUT2D eigenvalue weighted by molar-refractivity contribution is 5.77. The number of rotatable bonds is 3. The number of allylic oxidation sites excluding steroid dienone is 3. The topological polar surface area (TPSA) is 26.3 Å². The lowest BCUT2D eigenvalue weighted by Crippen LogP contribution is -2.21. The molecule has 0 saturated heterocycles. The highest BCUT2D eigenvalue weighted by atomic mass is 16.5. The highest BCUT2D eigenvalue weighted by Crippen LogP contribution is 2.33. The molecule has 0 N–H and O–H groups in total. The van der Waals surface area contributed by atoms with Gasteiger partial charge in [-0.15, -0.1) is 0 Å². The molecule has 0 spiro atoms. The summed E-state index contributed by atoms with van der Waals surface area (Å²) in [6.07, 6.45) is 7.00. The molecule has 20 heavy (non-hydrogen) atoms. The second kappa shape index (κ2) is 6.25. The predicted octanol–water partition coefficient (Wildman–Crippen LogP) is 3.49. The van der Waals surface area contributed by atoms with Crippen molar-refractivity contribution in [2.75, 3.05) is 7.11 Å². The maximum absolute atomic E-state index is 11.5. The molecule has 0 fully saturated rings. The van der Waals surface area contributed by atoms with Crippen LogP contribution < -0.4 is 0 Å². The first-order valence-electron chi connectivity index (χ1n) is 6.65. The summed E-state index contributed by atoms with van der Waals surface area (Å²) in [7, 11) is 1.64. The summed E-state index contributed by atoms with van der Waals surface area (Å²) in [6.45, 7) is 1.61. The van der Waals surface area contributed by atoms with Gasteiger partial charge < -0.3 is 4.74 Å². The van der Waals surface area contributed by atoms with Crippen LogP contribution in [0.2, 0.25) is 0 Å². The quantitative estimate of drug-likeness (QED) is 0.783. The third-order valence-electron chi connectivity index (χ3n) is 3.26. The summed E-state index contributed by atoms with van der Waals surface area (Å²) >= 11 is 0. The Morgan fingerprint density at radius 1 is 1.35 bits per heavy atom. The Hall–Kier alpha value is -2.27. The molecule has 1 atom stereocenters. The van der Waals surface area contributed by atoms with Crippen LogP contribution in [0, 0.1) is 17.3 Å². The Bertz CT molecular complexity index is 599. The molecule has 0 amide bonds. The number of benzene rings is 1. The van der Waals surface area contributed by atoms with Crippen LogP contribution in [-0.4, -0.2) is 12.9 Å². The molecule has 1 unspecified atom stereocenters. The van der Waals surface area contributed by atoms with Gasteiger partial charge in [-0.25, -0.2) is 0 Å². The summed E-state index contributed by atoms with van der Waals surface area (Å²) in [6, 6.07) is 9.82. The Morgan fingerprint density at radius 3 is 2.65 bits per heavy atom. The van der Waals surface area contributed by atoms with Gasteiger partial charge in [-0.1, -0.05) is 36.1 Å². The largest absolute Gasteiger partial charge is 0.497 e. The fourth-order valence-corrected chi connectivity index (χ4v) is 2.24. The van der Waals surface area contributed by atoms with Crippen LogP contribution in [0.4, 0.5) is 0 Å². The molecule has 0 aromatic heterocycles. The minimum absolute atomic E-state index is 0.145. The molecule has 0 aliphatic heterocycles. The zero-order valence-corrected chi connectivity index (χ0v) is 11.8. The second-order valence-corrected chi connectivity index (χ2v) is 5.00. The molecule has 1 aromatic carbocycles. The highest BCUT2D eigenvalue weighted by Gasteiger charge is 2.28. The number of carbonyl (C=O) groups is 1. The Balaban J connectivity index is 2.27. The standard InChI is InChI=1S/C18H18O2/c1-15(19)14-18(12-9-17(20-2)10-13-18)11-8-16-6-4-3-5-7-16/h3-7,9-10,12H,13-14H2,1-2H3. The van der Waals surface area contributed by atoms with Gasteiger partial charge in [0.25, 0.3) is 0 Å². The van der Waals surface area contributed by atoms with E-state index >= 15 is 0 Å². The molecule has 2 heteroatoms. The Labute approximate surface area is 120 Å². The van der Waals surface area contributed by atoms with Crippen LogP contribution in [0.15, 0.2) is 54.3 Å². The predicted molar refractivity (Wildman–Crippen MR) is 79.9 cm³/mol. The molecule has 102 valence electrons. The number of hydrogen-bond donors (Lipinski definition) is 0. The van der Waals surface area contributed by atoms with Crippen molar-refractivity contribution in [3.05, 3.63) is 59.9 Å². The number of Topliss-reactive ketones (excluding diaryl/α,β-unsaturated/α-hetero) is 1. The van der Waals surface area contributed by atoms with E-state index in [1.165, 1.54) is 0 Å². The van der Waals surface area contributed by atoms with Crippen LogP contribution >= 0.6 is 0 Å². The SMILES string of the molecule is COC1=CCC(C#Cc2ccccc2)(CC(C)=O)C=C1. The minimum atomic E-state index is -0.413. The van der Waals surface area contributed by atoms with Crippen molar-refractivity contribution in [1.29, 1.82) is 0 Å². The number of carbonyl (C=O) groups excluding carboxylic acids is 1. The van der Waals surface area contributed by atoms with E-state index in [1.54, 1.807) is 14.0 Å². The molecule has 0 saturated carbocycles. The lowest BCUT2D eigenvalue weighted by molar-refractivity contribution is -0.118. The van der Waals surface area contributed by atoms with Gasteiger partial charge in [0.1, 0.15) is 11.5 Å². The van der Waals surface area contributed by atoms with Gasteiger partial charge in [0.05, 0.1) is 12.5 Å². The maximum atomic E-state index is 11.5. The van der Waals surface area contributed by atoms with E-state index in [0.717, 1.165) is 11.3 Å². The first-order valence-corrected chi connectivity index (χ1v) is 6.65. The Morgan fingerprint density at radius 2 is 2.10 bits per heavy atom. The van der Waals surface area contributed by atoms with Crippen molar-refractivity contribution in [3.63, 3.8) is 0 Å². The first kappa shape index (κ1) is 14.1. The number of ketones is 1. The van der Waals surface area contributed by atoms with Gasteiger partial charge >= 0.3 is 0 Å². The van der Waals surface area contributed by atoms with E-state index in [2.05, 4.69) is 11.8 Å². The average molecular weight is 266 g/mol. The molecular weight excluding hydrogens is 248 g/mol. The zero-order valence-electron chi connectivity index (χ0n) is 11.8. The molecular formula is C18H18O2. The fourth-order valence-electron chi connectivity index (χ4n) is 2.24. The van der Waals surface area contributed by atoms with Crippen LogP contribution in [-0.2, 0) is 9.53 Å². The van der Waals surface area contributed by atoms with E-state index < -0.39 is 5.41 Å². The van der Waals surface area contributed by atoms with Crippen molar-refractivity contribution in [1.82, 2.24) is 0 Å². The van der Waals surface area contributed by atoms with Crippen molar-refractivity contribution in [2.45, 2.75) is 19.8 Å². The number of ether oxygens (including phenoxy) is 1. The molecule has 2 nitrogen and oxygen atoms in total. The first-order chi connectivity index (χ1) is 9.63. The Kier molecular flexibility index (Phi) is 4.42. The van der Waals surface area contributed by atoms with E-state index in [0.29, 0.717) is 12.8 Å². The van der Waals surface area contributed by atoms with Crippen molar-refractivity contribution >= 4 is 5.78 Å². The van der Waals surface area contributed by atoms with Gasteiger partial charge in [-0.2, -0.15) is 0 Å². The van der Waals surface area contributed by atoms with Crippen LogP contribution in [0.5, 0.6) is 0 Å². The van der Waals surface area contributed by atoms with Crippen LogP contribution in [0.3, 0.4) is 0 Å². The third-order valence-corrected chi connectivity index (χ3v) is 3.26. The minimum Gasteiger partial charge on any atom is -0.497 e. The average Bonchev–Trinajstić information content (AvgIpc) is 2.47. The van der Waals surface area contributed by atoms with Gasteiger partial charge in [0, 0.05) is 12.0 Å². The number of methoxy groups -OCH3 is 1. The maximum Gasteiger partial charge on any atom is 0.131 e. The third kappa shape index (κ3) is 3.61. The zero-order chi connectivity index (χ0) is 14.4. The van der Waals surface area contributed by atoms with Gasteiger partial charge in [-0.05, 0) is 37.6 Å². The smallest absolute Gasteiger partial charge is 0.131 e. The van der Waals surface area contributed by atoms with E-state index in [4.69, 9.17) is 4.74 Å². The normalized spacial score (nSPS) is 20.6. The van der Waals surface area contributed by atoms with E-state index in [-0.39, 0.29) is 5.78 Å². The van der Waals surface area contributed by atoms with Crippen molar-refractivity contribution in [2.24, 2.45) is 5.41 Å². The van der Waals surface area contributed by atoms with E-state index in [9.17, 15) is 4.79 Å². The fraction of sp³-hybridized carbons (Fsp3) is 0.278. The number of hydrogen-bond acceptors (Lipinski definition) is 2.